The molecular formula is C8H6N4O3. The number of carbonyl (C=O) groups is 1. The van der Waals surface area contributed by atoms with Crippen molar-refractivity contribution in [3.05, 3.63) is 50.4 Å². The maximum atomic E-state index is 11.3. The number of hydrogen-bond donors (Lipinski definition) is 0. The topological polar surface area (TPSA) is 109 Å². The van der Waals surface area contributed by atoms with E-state index in [1.807, 2.05) is 0 Å². The van der Waals surface area contributed by atoms with Crippen LogP contribution in [0, 0.1) is 10.1 Å². The molecule has 1 aromatic rings. The van der Waals surface area contributed by atoms with Crippen LogP contribution in [0.2, 0.25) is 0 Å². The van der Waals surface area contributed by atoms with E-state index in [2.05, 4.69) is 10.0 Å². The summed E-state index contributed by atoms with van der Waals surface area (Å²) in [5.41, 5.74) is 8.00. The van der Waals surface area contributed by atoms with E-state index < -0.39 is 10.7 Å². The second kappa shape index (κ2) is 4.73. The number of nitrogens with zero attached hydrogens (tertiary/aromatic N) is 4. The van der Waals surface area contributed by atoms with Crippen LogP contribution in [0.15, 0.2) is 29.4 Å². The third-order valence-corrected chi connectivity index (χ3v) is 1.66. The van der Waals surface area contributed by atoms with Crippen molar-refractivity contribution in [2.24, 2.45) is 5.11 Å². The fourth-order valence-electron chi connectivity index (χ4n) is 0.980. The highest BCUT2D eigenvalue weighted by Crippen LogP contribution is 2.13. The van der Waals surface area contributed by atoms with Crippen molar-refractivity contribution in [2.75, 3.05) is 6.54 Å². The van der Waals surface area contributed by atoms with Crippen molar-refractivity contribution in [1.82, 2.24) is 0 Å². The minimum Gasteiger partial charge on any atom is -0.294 e. The molecule has 7 nitrogen and oxygen atoms in total. The number of benzene rings is 1. The number of Topliss-reactive ketones (excluding diaryl/α,β-unsaturated/α-hetero) is 1. The molecule has 1 aromatic carbocycles. The van der Waals surface area contributed by atoms with Gasteiger partial charge in [-0.15, -0.1) is 0 Å². The van der Waals surface area contributed by atoms with Gasteiger partial charge in [-0.1, -0.05) is 17.2 Å². The van der Waals surface area contributed by atoms with Crippen molar-refractivity contribution in [3.63, 3.8) is 0 Å². The Balaban J connectivity index is 2.94. The molecule has 0 saturated carbocycles. The molecule has 0 heterocycles. The molecule has 0 N–H and O–H groups in total. The number of hydrogen-bond acceptors (Lipinski definition) is 4. The molecule has 0 spiro atoms. The molecule has 76 valence electrons. The van der Waals surface area contributed by atoms with E-state index in [9.17, 15) is 14.9 Å². The molecule has 0 radical (unpaired) electrons. The fourth-order valence-corrected chi connectivity index (χ4v) is 0.980. The minimum atomic E-state index is -0.593. The van der Waals surface area contributed by atoms with Crippen LogP contribution < -0.4 is 0 Å². The van der Waals surface area contributed by atoms with Crippen LogP contribution in [0.1, 0.15) is 10.4 Å². The summed E-state index contributed by atoms with van der Waals surface area (Å²) in [5.74, 6) is -0.448. The van der Waals surface area contributed by atoms with Gasteiger partial charge in [0, 0.05) is 22.6 Å². The summed E-state index contributed by atoms with van der Waals surface area (Å²) in [4.78, 5) is 23.5. The van der Waals surface area contributed by atoms with Gasteiger partial charge in [0.25, 0.3) is 5.69 Å². The lowest BCUT2D eigenvalue weighted by atomic mass is 10.1. The SMILES string of the molecule is [N-]=[N+]=NCC(=O)c1cccc([N+](=O)[O-])c1. The molecule has 7 heteroatoms. The Morgan fingerprint density at radius 2 is 2.33 bits per heavy atom. The lowest BCUT2D eigenvalue weighted by Gasteiger charge is -1.96. The lowest BCUT2D eigenvalue weighted by Crippen LogP contribution is -2.03. The van der Waals surface area contributed by atoms with E-state index in [-0.39, 0.29) is 17.8 Å². The molecule has 0 fully saturated rings. The van der Waals surface area contributed by atoms with Gasteiger partial charge in [0.05, 0.1) is 11.5 Å². The highest BCUT2D eigenvalue weighted by Gasteiger charge is 2.10. The summed E-state index contributed by atoms with van der Waals surface area (Å²) in [6, 6.07) is 5.27. The summed E-state index contributed by atoms with van der Waals surface area (Å²) in [6.45, 7) is -0.336. The monoisotopic (exact) mass is 206 g/mol. The van der Waals surface area contributed by atoms with E-state index in [0.29, 0.717) is 0 Å². The smallest absolute Gasteiger partial charge is 0.270 e. The first-order valence-electron chi connectivity index (χ1n) is 3.93. The average Bonchev–Trinajstić information content (AvgIpc) is 2.26. The summed E-state index contributed by atoms with van der Waals surface area (Å²) in [7, 11) is 0. The van der Waals surface area contributed by atoms with E-state index in [1.165, 1.54) is 18.2 Å². The molecule has 1 rings (SSSR count). The van der Waals surface area contributed by atoms with Gasteiger partial charge in [0.15, 0.2) is 5.78 Å². The van der Waals surface area contributed by atoms with Crippen LogP contribution in [-0.4, -0.2) is 17.3 Å². The first-order chi connectivity index (χ1) is 7.15. The van der Waals surface area contributed by atoms with Crippen LogP contribution in [0.25, 0.3) is 10.4 Å². The number of nitro groups is 1. The first-order valence-corrected chi connectivity index (χ1v) is 3.93. The van der Waals surface area contributed by atoms with E-state index in [4.69, 9.17) is 5.53 Å². The predicted octanol–water partition coefficient (Wildman–Crippen LogP) is 2.09. The number of azide groups is 1. The molecule has 0 atom stereocenters. The standard InChI is InChI=1S/C8H6N4O3/c9-11-10-5-8(13)6-2-1-3-7(4-6)12(14)15/h1-4H,5H2. The highest BCUT2D eigenvalue weighted by molar-refractivity contribution is 5.98. The van der Waals surface area contributed by atoms with Gasteiger partial charge in [-0.2, -0.15) is 0 Å². The van der Waals surface area contributed by atoms with Crippen LogP contribution >= 0.6 is 0 Å². The van der Waals surface area contributed by atoms with E-state index in [0.717, 1.165) is 6.07 Å². The quantitative estimate of drug-likeness (QED) is 0.188. The Hall–Kier alpha value is -2.40. The Morgan fingerprint density at radius 3 is 2.93 bits per heavy atom. The second-order valence-electron chi connectivity index (χ2n) is 2.62. The maximum absolute atomic E-state index is 11.3. The molecule has 0 unspecified atom stereocenters. The summed E-state index contributed by atoms with van der Waals surface area (Å²) in [6.07, 6.45) is 0. The number of rotatable bonds is 4. The zero-order valence-corrected chi connectivity index (χ0v) is 7.53. The minimum absolute atomic E-state index is 0.164. The van der Waals surface area contributed by atoms with Gasteiger partial charge in [0.1, 0.15) is 0 Å². The molecule has 0 aromatic heterocycles. The first kappa shape index (κ1) is 10.7. The van der Waals surface area contributed by atoms with Crippen LogP contribution in [0.4, 0.5) is 5.69 Å². The average molecular weight is 206 g/mol. The van der Waals surface area contributed by atoms with Gasteiger partial charge >= 0.3 is 0 Å². The largest absolute Gasteiger partial charge is 0.294 e. The number of carbonyl (C=O) groups excluding carboxylic acids is 1. The fraction of sp³-hybridized carbons (Fsp3) is 0.125. The van der Waals surface area contributed by atoms with Crippen LogP contribution in [0.5, 0.6) is 0 Å². The predicted molar refractivity (Wildman–Crippen MR) is 51.4 cm³/mol. The molecule has 0 bridgehead atoms. The molecule has 15 heavy (non-hydrogen) atoms. The van der Waals surface area contributed by atoms with E-state index >= 15 is 0 Å². The third-order valence-electron chi connectivity index (χ3n) is 1.66. The number of nitro benzene ring substituents is 1. The Kier molecular flexibility index (Phi) is 3.37. The van der Waals surface area contributed by atoms with Gasteiger partial charge in [-0.05, 0) is 5.53 Å². The molecule has 0 saturated heterocycles. The van der Waals surface area contributed by atoms with Crippen LogP contribution in [-0.2, 0) is 0 Å². The van der Waals surface area contributed by atoms with Gasteiger partial charge in [0.2, 0.25) is 0 Å². The van der Waals surface area contributed by atoms with Crippen molar-refractivity contribution >= 4 is 11.5 Å². The van der Waals surface area contributed by atoms with Gasteiger partial charge in [-0.25, -0.2) is 0 Å². The zero-order chi connectivity index (χ0) is 11.3. The molecular weight excluding hydrogens is 200 g/mol. The normalized spacial score (nSPS) is 9.07. The Morgan fingerprint density at radius 1 is 1.60 bits per heavy atom. The summed E-state index contributed by atoms with van der Waals surface area (Å²) >= 11 is 0. The second-order valence-corrected chi connectivity index (χ2v) is 2.62. The number of non-ortho nitro benzene ring substituents is 1. The summed E-state index contributed by atoms with van der Waals surface area (Å²) < 4.78 is 0. The Labute approximate surface area is 84.1 Å². The van der Waals surface area contributed by atoms with Crippen LogP contribution in [0.3, 0.4) is 0 Å². The van der Waals surface area contributed by atoms with Gasteiger partial charge in [-0.3, -0.25) is 14.9 Å². The molecule has 0 amide bonds. The molecule has 0 aliphatic rings. The van der Waals surface area contributed by atoms with Crippen molar-refractivity contribution < 1.29 is 9.72 Å². The van der Waals surface area contributed by atoms with Gasteiger partial charge < -0.3 is 0 Å². The van der Waals surface area contributed by atoms with Crippen molar-refractivity contribution in [3.8, 4) is 0 Å². The lowest BCUT2D eigenvalue weighted by molar-refractivity contribution is -0.384. The zero-order valence-electron chi connectivity index (χ0n) is 7.53. The highest BCUT2D eigenvalue weighted by atomic mass is 16.6. The maximum Gasteiger partial charge on any atom is 0.270 e. The van der Waals surface area contributed by atoms with Crippen molar-refractivity contribution in [1.29, 1.82) is 0 Å². The molecule has 0 aliphatic heterocycles. The van der Waals surface area contributed by atoms with Crippen molar-refractivity contribution in [2.45, 2.75) is 0 Å². The molecule has 0 aliphatic carbocycles. The Bertz CT molecular complexity index is 451. The third kappa shape index (κ3) is 2.78. The summed E-state index contributed by atoms with van der Waals surface area (Å²) in [5, 5.41) is 13.5. The van der Waals surface area contributed by atoms with E-state index in [1.54, 1.807) is 0 Å². The number of ketones is 1.